The number of carbonyl (C=O) groups is 1. The number of thiocarbonyl (C=S) groups is 1. The lowest BCUT2D eigenvalue weighted by Gasteiger charge is -2.29. The van der Waals surface area contributed by atoms with Gasteiger partial charge < -0.3 is 19.5 Å². The van der Waals surface area contributed by atoms with E-state index in [0.29, 0.717) is 11.4 Å². The molecule has 2 saturated heterocycles. The number of ether oxygens (including phenoxy) is 2. The van der Waals surface area contributed by atoms with Crippen LogP contribution in [0.15, 0.2) is 42.5 Å². The number of aliphatic hydroxyl groups excluding tert-OH is 1. The van der Waals surface area contributed by atoms with Crippen molar-refractivity contribution in [2.45, 2.75) is 37.8 Å². The van der Waals surface area contributed by atoms with Crippen molar-refractivity contribution in [3.63, 3.8) is 0 Å². The molecule has 0 saturated carbocycles. The smallest absolute Gasteiger partial charge is 0.417 e. The molecule has 0 aromatic heterocycles. The van der Waals surface area contributed by atoms with Gasteiger partial charge in [-0.1, -0.05) is 0 Å². The summed E-state index contributed by atoms with van der Waals surface area (Å²) in [5.74, 6) is -0.0341. The molecule has 2 heterocycles. The Bertz CT molecular complexity index is 1180. The zero-order valence-electron chi connectivity index (χ0n) is 18.2. The van der Waals surface area contributed by atoms with Gasteiger partial charge in [-0.2, -0.15) is 18.4 Å². The van der Waals surface area contributed by atoms with E-state index < -0.39 is 41.0 Å². The van der Waals surface area contributed by atoms with Gasteiger partial charge in [0, 0.05) is 5.69 Å². The Kier molecular flexibility index (Phi) is 6.01. The van der Waals surface area contributed by atoms with Gasteiger partial charge in [0.2, 0.25) is 0 Å². The number of alkyl halides is 3. The topological polar surface area (TPSA) is 86.0 Å². The van der Waals surface area contributed by atoms with E-state index in [1.165, 1.54) is 12.1 Å². The van der Waals surface area contributed by atoms with Crippen molar-refractivity contribution in [1.82, 2.24) is 0 Å². The molecule has 0 spiro atoms. The Morgan fingerprint density at radius 2 is 1.82 bits per heavy atom. The fraction of sp³-hybridized carbons (Fsp3) is 0.348. The number of hydrogen-bond donors (Lipinski definition) is 1. The van der Waals surface area contributed by atoms with E-state index in [2.05, 4.69) is 0 Å². The Labute approximate surface area is 198 Å². The molecule has 0 aliphatic carbocycles. The normalized spacial score (nSPS) is 22.3. The van der Waals surface area contributed by atoms with Crippen LogP contribution in [0.3, 0.4) is 0 Å². The van der Waals surface area contributed by atoms with Crippen LogP contribution in [0.5, 0.6) is 5.75 Å². The molecule has 1 N–H and O–H groups in total. The summed E-state index contributed by atoms with van der Waals surface area (Å²) in [6, 6.07) is 11.2. The Balaban J connectivity index is 1.65. The van der Waals surface area contributed by atoms with E-state index in [1.54, 1.807) is 43.0 Å². The fourth-order valence-corrected chi connectivity index (χ4v) is 4.47. The van der Waals surface area contributed by atoms with Gasteiger partial charge in [0.25, 0.3) is 5.91 Å². The molecule has 2 aliphatic heterocycles. The molecule has 2 aliphatic rings. The molecule has 4 rings (SSSR count). The third-order valence-electron chi connectivity index (χ3n) is 5.74. The third kappa shape index (κ3) is 4.09. The lowest BCUT2D eigenvalue weighted by molar-refractivity contribution is -0.137. The SMILES string of the molecule is CC1(C)C(=O)N(c2ccc(C#N)c(C(F)(F)F)c2)C(=S)N1c1ccc(O[C@H]2COCC2O)cc1. The van der Waals surface area contributed by atoms with E-state index in [4.69, 9.17) is 27.0 Å². The van der Waals surface area contributed by atoms with Crippen LogP contribution in [0.1, 0.15) is 25.0 Å². The van der Waals surface area contributed by atoms with Crippen LogP contribution in [0.2, 0.25) is 0 Å². The molecule has 34 heavy (non-hydrogen) atoms. The van der Waals surface area contributed by atoms with Gasteiger partial charge in [0.1, 0.15) is 23.5 Å². The molecular formula is C23H20F3N3O4S. The van der Waals surface area contributed by atoms with Crippen LogP contribution in [0.25, 0.3) is 0 Å². The van der Waals surface area contributed by atoms with Crippen LogP contribution < -0.4 is 14.5 Å². The highest BCUT2D eigenvalue weighted by atomic mass is 32.1. The lowest BCUT2D eigenvalue weighted by atomic mass is 10.0. The molecule has 1 amide bonds. The molecule has 2 aromatic carbocycles. The number of halogens is 3. The predicted molar refractivity (Wildman–Crippen MR) is 120 cm³/mol. The minimum Gasteiger partial charge on any atom is -0.485 e. The van der Waals surface area contributed by atoms with E-state index >= 15 is 0 Å². The van der Waals surface area contributed by atoms with Gasteiger partial charge in [-0.25, -0.2) is 0 Å². The number of nitrogens with zero attached hydrogens (tertiary/aromatic N) is 3. The first kappa shape index (κ1) is 23.9. The number of rotatable bonds is 4. The molecule has 7 nitrogen and oxygen atoms in total. The first-order valence-electron chi connectivity index (χ1n) is 10.3. The Hall–Kier alpha value is -3.20. The van der Waals surface area contributed by atoms with Gasteiger partial charge in [-0.05, 0) is 68.5 Å². The molecule has 2 fully saturated rings. The predicted octanol–water partition coefficient (Wildman–Crippen LogP) is 3.63. The maximum Gasteiger partial charge on any atom is 0.417 e. The van der Waals surface area contributed by atoms with Crippen LogP contribution in [0.4, 0.5) is 24.5 Å². The van der Waals surface area contributed by atoms with Crippen molar-refractivity contribution in [2.75, 3.05) is 23.0 Å². The second kappa shape index (κ2) is 8.54. The van der Waals surface area contributed by atoms with Crippen LogP contribution in [0, 0.1) is 11.3 Å². The monoisotopic (exact) mass is 491 g/mol. The molecule has 11 heteroatoms. The van der Waals surface area contributed by atoms with Crippen LogP contribution >= 0.6 is 12.2 Å². The lowest BCUT2D eigenvalue weighted by Crippen LogP contribution is -2.44. The zero-order valence-corrected chi connectivity index (χ0v) is 19.0. The van der Waals surface area contributed by atoms with E-state index in [-0.39, 0.29) is 24.0 Å². The quantitative estimate of drug-likeness (QED) is 0.654. The largest absolute Gasteiger partial charge is 0.485 e. The van der Waals surface area contributed by atoms with E-state index in [1.807, 2.05) is 0 Å². The second-order valence-corrected chi connectivity index (χ2v) is 8.78. The number of hydrogen-bond acceptors (Lipinski definition) is 6. The number of benzene rings is 2. The summed E-state index contributed by atoms with van der Waals surface area (Å²) >= 11 is 5.52. The van der Waals surface area contributed by atoms with Crippen molar-refractivity contribution < 1.29 is 32.5 Å². The molecule has 0 bridgehead atoms. The Morgan fingerprint density at radius 3 is 2.38 bits per heavy atom. The Morgan fingerprint density at radius 1 is 1.18 bits per heavy atom. The minimum absolute atomic E-state index is 0.00103. The highest BCUT2D eigenvalue weighted by Crippen LogP contribution is 2.40. The van der Waals surface area contributed by atoms with E-state index in [9.17, 15) is 23.1 Å². The molecule has 2 aromatic rings. The van der Waals surface area contributed by atoms with Crippen molar-refractivity contribution in [3.8, 4) is 11.8 Å². The standard InChI is InChI=1S/C23H20F3N3O4S/c1-22(2)20(31)28(15-4-3-13(10-27)17(9-15)23(24,25)26)21(34)29(22)14-5-7-16(8-6-14)33-19-12-32-11-18(19)30/h3-9,18-19,30H,11-12H2,1-2H3/t18?,19-/m0/s1. The number of nitriles is 1. The maximum absolute atomic E-state index is 13.5. The van der Waals surface area contributed by atoms with Crippen molar-refractivity contribution >= 4 is 34.6 Å². The van der Waals surface area contributed by atoms with Gasteiger partial charge in [0.15, 0.2) is 5.11 Å². The summed E-state index contributed by atoms with van der Waals surface area (Å²) in [6.45, 7) is 3.70. The first-order chi connectivity index (χ1) is 15.9. The molecule has 178 valence electrons. The summed E-state index contributed by atoms with van der Waals surface area (Å²) in [7, 11) is 0. The van der Waals surface area contributed by atoms with Crippen molar-refractivity contribution in [1.29, 1.82) is 5.26 Å². The third-order valence-corrected chi connectivity index (χ3v) is 6.10. The zero-order chi connectivity index (χ0) is 24.8. The van der Waals surface area contributed by atoms with Gasteiger partial charge in [-0.3, -0.25) is 9.69 Å². The first-order valence-corrected chi connectivity index (χ1v) is 10.7. The highest BCUT2D eigenvalue weighted by molar-refractivity contribution is 7.81. The summed E-state index contributed by atoms with van der Waals surface area (Å²) in [5.41, 5.74) is -2.42. The average molecular weight is 491 g/mol. The second-order valence-electron chi connectivity index (χ2n) is 8.41. The summed E-state index contributed by atoms with van der Waals surface area (Å²) in [4.78, 5) is 15.8. The molecule has 1 unspecified atom stereocenters. The summed E-state index contributed by atoms with van der Waals surface area (Å²) < 4.78 is 51.3. The minimum atomic E-state index is -4.77. The summed E-state index contributed by atoms with van der Waals surface area (Å²) in [6.07, 6.45) is -5.99. The van der Waals surface area contributed by atoms with Gasteiger partial charge >= 0.3 is 6.18 Å². The maximum atomic E-state index is 13.5. The number of aliphatic hydroxyl groups is 1. The van der Waals surface area contributed by atoms with Gasteiger partial charge in [-0.15, -0.1) is 0 Å². The fourth-order valence-electron chi connectivity index (χ4n) is 3.94. The number of carbonyl (C=O) groups excluding carboxylic acids is 1. The number of anilines is 2. The van der Waals surface area contributed by atoms with Crippen LogP contribution in [-0.4, -0.2) is 47.1 Å². The van der Waals surface area contributed by atoms with Gasteiger partial charge in [0.05, 0.1) is 36.1 Å². The van der Waals surface area contributed by atoms with Crippen molar-refractivity contribution in [3.05, 3.63) is 53.6 Å². The summed E-state index contributed by atoms with van der Waals surface area (Å²) in [5, 5.41) is 18.9. The average Bonchev–Trinajstić information content (AvgIpc) is 3.25. The highest BCUT2D eigenvalue weighted by Gasteiger charge is 2.50. The van der Waals surface area contributed by atoms with Crippen LogP contribution in [-0.2, 0) is 15.7 Å². The molecule has 2 atom stereocenters. The van der Waals surface area contributed by atoms with Crippen molar-refractivity contribution in [2.24, 2.45) is 0 Å². The molecular weight excluding hydrogens is 471 g/mol. The molecule has 0 radical (unpaired) electrons. The van der Waals surface area contributed by atoms with E-state index in [0.717, 1.165) is 17.0 Å². The number of amides is 1.